The smallest absolute Gasteiger partial charge is 0.416 e. The summed E-state index contributed by atoms with van der Waals surface area (Å²) in [6.45, 7) is 1.90. The Morgan fingerprint density at radius 3 is 2.35 bits per heavy atom. The van der Waals surface area contributed by atoms with Crippen molar-refractivity contribution in [1.82, 2.24) is 0 Å². The summed E-state index contributed by atoms with van der Waals surface area (Å²) in [5, 5.41) is 0. The van der Waals surface area contributed by atoms with Gasteiger partial charge in [-0.3, -0.25) is 0 Å². The molecule has 0 bridgehead atoms. The van der Waals surface area contributed by atoms with E-state index in [0.717, 1.165) is 21.3 Å². The molecule has 0 fully saturated rings. The lowest BCUT2D eigenvalue weighted by Gasteiger charge is -2.12. The fraction of sp³-hybridized carbons (Fsp3) is 0.200. The highest BCUT2D eigenvalue weighted by molar-refractivity contribution is 14.1. The number of ether oxygens (including phenoxy) is 1. The van der Waals surface area contributed by atoms with Gasteiger partial charge in [-0.05, 0) is 64.4 Å². The van der Waals surface area contributed by atoms with E-state index in [-0.39, 0.29) is 0 Å². The molecule has 0 aromatic heterocycles. The first-order chi connectivity index (χ1) is 9.32. The van der Waals surface area contributed by atoms with Gasteiger partial charge in [-0.15, -0.1) is 0 Å². The summed E-state index contributed by atoms with van der Waals surface area (Å²) < 4.78 is 44.5. The van der Waals surface area contributed by atoms with E-state index >= 15 is 0 Å². The van der Waals surface area contributed by atoms with E-state index in [0.29, 0.717) is 16.9 Å². The van der Waals surface area contributed by atoms with Gasteiger partial charge in [-0.25, -0.2) is 0 Å². The van der Waals surface area contributed by atoms with Gasteiger partial charge in [0.15, 0.2) is 0 Å². The van der Waals surface area contributed by atoms with E-state index in [2.05, 4.69) is 22.6 Å². The summed E-state index contributed by atoms with van der Waals surface area (Å²) in [6, 6.07) is 8.92. The summed E-state index contributed by atoms with van der Waals surface area (Å²) in [5.74, 6) is 0.665. The summed E-state index contributed by atoms with van der Waals surface area (Å²) in [7, 11) is 1.55. The van der Waals surface area contributed by atoms with Gasteiger partial charge in [-0.2, -0.15) is 13.2 Å². The van der Waals surface area contributed by atoms with Crippen molar-refractivity contribution in [3.05, 3.63) is 51.1 Å². The zero-order valence-electron chi connectivity index (χ0n) is 10.9. The zero-order chi connectivity index (χ0) is 14.9. The Morgan fingerprint density at radius 2 is 1.75 bits per heavy atom. The zero-order valence-corrected chi connectivity index (χ0v) is 13.0. The number of alkyl halides is 3. The molecule has 0 aliphatic rings. The van der Waals surface area contributed by atoms with Crippen LogP contribution in [-0.2, 0) is 6.18 Å². The lowest BCUT2D eigenvalue weighted by atomic mass is 10.0. The molecular formula is C15H12F3IO. The van der Waals surface area contributed by atoms with Crippen molar-refractivity contribution in [2.75, 3.05) is 7.11 Å². The van der Waals surface area contributed by atoms with E-state index in [1.54, 1.807) is 19.2 Å². The molecule has 0 N–H and O–H groups in total. The molecule has 0 aliphatic heterocycles. The summed E-state index contributed by atoms with van der Waals surface area (Å²) in [6.07, 6.45) is -4.33. The molecule has 0 spiro atoms. The monoisotopic (exact) mass is 392 g/mol. The number of methoxy groups -OCH3 is 1. The first-order valence-corrected chi connectivity index (χ1v) is 6.92. The van der Waals surface area contributed by atoms with Crippen LogP contribution >= 0.6 is 22.6 Å². The van der Waals surface area contributed by atoms with Crippen LogP contribution in [0.25, 0.3) is 11.1 Å². The number of benzene rings is 2. The number of hydrogen-bond donors (Lipinski definition) is 0. The van der Waals surface area contributed by atoms with Gasteiger partial charge in [0.2, 0.25) is 0 Å². The third kappa shape index (κ3) is 3.08. The van der Waals surface area contributed by atoms with Crippen LogP contribution in [0.3, 0.4) is 0 Å². The van der Waals surface area contributed by atoms with Crippen LogP contribution in [0.4, 0.5) is 13.2 Å². The average Bonchev–Trinajstić information content (AvgIpc) is 2.41. The molecular weight excluding hydrogens is 380 g/mol. The highest BCUT2D eigenvalue weighted by atomic mass is 127. The largest absolute Gasteiger partial charge is 0.496 e. The standard InChI is InChI=1S/C15H12F3IO/c1-9-6-11(8-13(20-2)14(9)19)10-4-3-5-12(7-10)15(16,17)18/h3-8H,1-2H3. The average molecular weight is 392 g/mol. The third-order valence-electron chi connectivity index (χ3n) is 2.96. The van der Waals surface area contributed by atoms with Gasteiger partial charge in [-0.1, -0.05) is 18.2 Å². The molecule has 0 unspecified atom stereocenters. The minimum absolute atomic E-state index is 0.526. The van der Waals surface area contributed by atoms with Gasteiger partial charge in [0, 0.05) is 0 Å². The Bertz CT molecular complexity index is 636. The van der Waals surface area contributed by atoms with E-state index in [1.165, 1.54) is 6.07 Å². The van der Waals surface area contributed by atoms with Crippen molar-refractivity contribution in [2.45, 2.75) is 13.1 Å². The predicted molar refractivity (Wildman–Crippen MR) is 80.9 cm³/mol. The topological polar surface area (TPSA) is 9.23 Å². The highest BCUT2D eigenvalue weighted by Gasteiger charge is 2.30. The highest BCUT2D eigenvalue weighted by Crippen LogP contribution is 2.35. The molecule has 0 amide bonds. The van der Waals surface area contributed by atoms with Crippen LogP contribution in [0.1, 0.15) is 11.1 Å². The van der Waals surface area contributed by atoms with Crippen molar-refractivity contribution < 1.29 is 17.9 Å². The van der Waals surface area contributed by atoms with Crippen LogP contribution in [0, 0.1) is 10.5 Å². The van der Waals surface area contributed by atoms with Crippen molar-refractivity contribution in [2.24, 2.45) is 0 Å². The maximum absolute atomic E-state index is 12.7. The van der Waals surface area contributed by atoms with Gasteiger partial charge in [0.05, 0.1) is 16.2 Å². The normalized spacial score (nSPS) is 11.5. The Balaban J connectivity index is 2.55. The molecule has 1 nitrogen and oxygen atoms in total. The van der Waals surface area contributed by atoms with Crippen LogP contribution in [-0.4, -0.2) is 7.11 Å². The van der Waals surface area contributed by atoms with Crippen LogP contribution < -0.4 is 4.74 Å². The summed E-state index contributed by atoms with van der Waals surface area (Å²) in [5.41, 5.74) is 1.56. The Labute approximate surface area is 128 Å². The predicted octanol–water partition coefficient (Wildman–Crippen LogP) is 5.29. The summed E-state index contributed by atoms with van der Waals surface area (Å²) >= 11 is 2.16. The van der Waals surface area contributed by atoms with Crippen molar-refractivity contribution in [3.8, 4) is 16.9 Å². The van der Waals surface area contributed by atoms with Gasteiger partial charge >= 0.3 is 6.18 Å². The van der Waals surface area contributed by atoms with Gasteiger partial charge < -0.3 is 4.74 Å². The maximum atomic E-state index is 12.7. The second-order valence-electron chi connectivity index (χ2n) is 4.39. The molecule has 0 heterocycles. The number of halogens is 4. The van der Waals surface area contributed by atoms with E-state index in [9.17, 15) is 13.2 Å². The van der Waals surface area contributed by atoms with Crippen molar-refractivity contribution >= 4 is 22.6 Å². The Hall–Kier alpha value is -1.24. The maximum Gasteiger partial charge on any atom is 0.416 e. The van der Waals surface area contributed by atoms with Crippen molar-refractivity contribution in [3.63, 3.8) is 0 Å². The molecule has 2 rings (SSSR count). The number of hydrogen-bond acceptors (Lipinski definition) is 1. The summed E-state index contributed by atoms with van der Waals surface area (Å²) in [4.78, 5) is 0. The molecule has 0 aliphatic carbocycles. The molecule has 5 heteroatoms. The number of aryl methyl sites for hydroxylation is 1. The van der Waals surface area contributed by atoms with Crippen LogP contribution in [0.15, 0.2) is 36.4 Å². The fourth-order valence-electron chi connectivity index (χ4n) is 1.93. The first kappa shape index (κ1) is 15.2. The number of rotatable bonds is 2. The molecule has 0 radical (unpaired) electrons. The second kappa shape index (κ2) is 5.63. The second-order valence-corrected chi connectivity index (χ2v) is 5.47. The molecule has 2 aromatic rings. The lowest BCUT2D eigenvalue weighted by molar-refractivity contribution is -0.137. The Morgan fingerprint density at radius 1 is 1.05 bits per heavy atom. The molecule has 106 valence electrons. The third-order valence-corrected chi connectivity index (χ3v) is 4.35. The first-order valence-electron chi connectivity index (χ1n) is 5.84. The molecule has 0 saturated heterocycles. The molecule has 0 atom stereocenters. The Kier molecular flexibility index (Phi) is 4.27. The van der Waals surface area contributed by atoms with Crippen LogP contribution in [0.2, 0.25) is 0 Å². The fourth-order valence-corrected chi connectivity index (χ4v) is 2.46. The minimum atomic E-state index is -4.33. The van der Waals surface area contributed by atoms with Gasteiger partial charge in [0.25, 0.3) is 0 Å². The quantitative estimate of drug-likeness (QED) is 0.631. The van der Waals surface area contributed by atoms with Crippen molar-refractivity contribution in [1.29, 1.82) is 0 Å². The van der Waals surface area contributed by atoms with E-state index in [1.807, 2.05) is 13.0 Å². The molecule has 20 heavy (non-hydrogen) atoms. The van der Waals surface area contributed by atoms with Gasteiger partial charge in [0.1, 0.15) is 5.75 Å². The molecule has 0 saturated carbocycles. The lowest BCUT2D eigenvalue weighted by Crippen LogP contribution is -2.04. The van der Waals surface area contributed by atoms with E-state index in [4.69, 9.17) is 4.74 Å². The minimum Gasteiger partial charge on any atom is -0.496 e. The SMILES string of the molecule is COc1cc(-c2cccc(C(F)(F)F)c2)cc(C)c1I. The van der Waals surface area contributed by atoms with E-state index < -0.39 is 11.7 Å². The molecule has 2 aromatic carbocycles. The van der Waals surface area contributed by atoms with Crippen LogP contribution in [0.5, 0.6) is 5.75 Å².